The van der Waals surface area contributed by atoms with Crippen molar-refractivity contribution in [2.24, 2.45) is 0 Å². The molecule has 0 N–H and O–H groups in total. The van der Waals surface area contributed by atoms with Gasteiger partial charge in [-0.3, -0.25) is 12.2 Å². The number of benzene rings is 4. The van der Waals surface area contributed by atoms with E-state index in [1.165, 1.54) is 87.6 Å². The van der Waals surface area contributed by atoms with Gasteiger partial charge in [0.2, 0.25) is 0 Å². The van der Waals surface area contributed by atoms with E-state index in [1.807, 2.05) is 12.1 Å². The Bertz CT molecular complexity index is 1920. The number of fused-ring (bicyclic) bond motifs is 2. The van der Waals surface area contributed by atoms with E-state index in [0.717, 1.165) is 12.8 Å². The van der Waals surface area contributed by atoms with Crippen LogP contribution in [0.2, 0.25) is 39.3 Å². The van der Waals surface area contributed by atoms with Crippen molar-refractivity contribution in [2.75, 3.05) is 0 Å². The quantitative estimate of drug-likeness (QED) is 0.125. The summed E-state index contributed by atoms with van der Waals surface area (Å²) >= 11 is 3.01. The number of rotatable bonds is 4. The average Bonchev–Trinajstić information content (AvgIpc) is 4.01. The summed E-state index contributed by atoms with van der Waals surface area (Å²) in [6.07, 6.45) is 17.4. The van der Waals surface area contributed by atoms with E-state index in [9.17, 15) is 0 Å². The van der Waals surface area contributed by atoms with E-state index in [2.05, 4.69) is 223 Å². The molecule has 0 heterocycles. The van der Waals surface area contributed by atoms with E-state index >= 15 is 0 Å². The maximum atomic E-state index is 3.20. The summed E-state index contributed by atoms with van der Waals surface area (Å²) in [6, 6.07) is 50.3. The van der Waals surface area contributed by atoms with Gasteiger partial charge in [0.15, 0.2) is 0 Å². The minimum Gasteiger partial charge on any atom is -1.00 e. The zero-order valence-electron chi connectivity index (χ0n) is 34.3. The van der Waals surface area contributed by atoms with Gasteiger partial charge in [-0.25, -0.2) is 22.5 Å². The van der Waals surface area contributed by atoms with Crippen molar-refractivity contribution in [3.05, 3.63) is 204 Å². The predicted octanol–water partition coefficient (Wildman–Crippen LogP) is 7.78. The molecule has 288 valence electrons. The maximum absolute atomic E-state index is 3.20. The third-order valence-electron chi connectivity index (χ3n) is 8.64. The van der Waals surface area contributed by atoms with Gasteiger partial charge in [0.1, 0.15) is 0 Å². The van der Waals surface area contributed by atoms with Crippen molar-refractivity contribution in [3.63, 3.8) is 0 Å². The van der Waals surface area contributed by atoms with Crippen LogP contribution >= 0.6 is 0 Å². The van der Waals surface area contributed by atoms with Crippen molar-refractivity contribution in [1.82, 2.24) is 0 Å². The first kappa shape index (κ1) is 51.6. The minimum atomic E-state index is -0.981. The van der Waals surface area contributed by atoms with Crippen LogP contribution in [0.15, 0.2) is 180 Å². The van der Waals surface area contributed by atoms with E-state index in [1.54, 1.807) is 10.4 Å². The monoisotopic (exact) mass is 962 g/mol. The van der Waals surface area contributed by atoms with Crippen molar-refractivity contribution in [1.29, 1.82) is 0 Å². The molecule has 0 saturated heterocycles. The second kappa shape index (κ2) is 27.3. The van der Waals surface area contributed by atoms with E-state index in [0.29, 0.717) is 0 Å². The molecule has 0 nitrogen and oxygen atoms in total. The maximum Gasteiger partial charge on any atom is -0.0114 e. The molecule has 0 fully saturated rings. The average molecular weight is 967 g/mol. The van der Waals surface area contributed by atoms with Gasteiger partial charge in [0.05, 0.1) is 0 Å². The van der Waals surface area contributed by atoms with Gasteiger partial charge in [0.25, 0.3) is 0 Å². The zero-order valence-corrected chi connectivity index (χ0v) is 42.8. The molecule has 6 aromatic rings. The molecular formula is C50H56Cl2Si2Zr2-2. The van der Waals surface area contributed by atoms with Crippen LogP contribution < -0.4 is 24.8 Å². The fourth-order valence-electron chi connectivity index (χ4n) is 5.35. The van der Waals surface area contributed by atoms with Gasteiger partial charge in [-0.15, -0.1) is 72.1 Å². The summed E-state index contributed by atoms with van der Waals surface area (Å²) in [7, 11) is -1.96. The molecule has 0 bridgehead atoms. The van der Waals surface area contributed by atoms with E-state index in [-0.39, 0.29) is 24.8 Å². The normalized spacial score (nSPS) is 12.1. The molecule has 2 aliphatic rings. The summed E-state index contributed by atoms with van der Waals surface area (Å²) < 4.78 is 2.92. The molecule has 0 spiro atoms. The van der Waals surface area contributed by atoms with Crippen LogP contribution in [0.3, 0.4) is 0 Å². The molecule has 6 aromatic carbocycles. The molecule has 6 heteroatoms. The third-order valence-corrected chi connectivity index (χ3v) is 14.2. The van der Waals surface area contributed by atoms with Gasteiger partial charge in [-0.2, -0.15) is 47.2 Å². The Morgan fingerprint density at radius 3 is 1.04 bits per heavy atom. The number of halogens is 2. The van der Waals surface area contributed by atoms with Crippen LogP contribution in [-0.2, 0) is 48.5 Å². The SMILES string of the molecule is C[C](=[Zr+2])c1ccccc1.C[C](=[Zr+2])c1ccccc1.C[Si](C)(C)C1=CC[C-]=C1.C[Si](C)(C)C1=CC[C-]=C1.[Cl-].[Cl-].c1ccc2[cH-]ccc2c1.c1ccc2[cH-]ccc2c1. The summed E-state index contributed by atoms with van der Waals surface area (Å²) in [6.45, 7) is 18.5. The minimum absolute atomic E-state index is 0. The van der Waals surface area contributed by atoms with E-state index < -0.39 is 16.1 Å². The predicted molar refractivity (Wildman–Crippen MR) is 239 cm³/mol. The standard InChI is InChI=1S/2C9H7.2C8H13Si.2C8H8.2ClH.2Zr/c2*1-2-5-9-7-3-6-8(9)4-1;2*1-9(2,3)8-6-4-5-7-8;2*1-2-8-6-4-3-5-7-8;;;;/h2*1-7H;2*6-7H,4H2,1-3H3;2*3-7H,1H3;2*1H;;/q4*-1;;;;;2*+2/p-2. The van der Waals surface area contributed by atoms with Crippen LogP contribution in [0.5, 0.6) is 0 Å². The Hall–Kier alpha value is -2.42. The summed E-state index contributed by atoms with van der Waals surface area (Å²) in [4.78, 5) is 0. The summed E-state index contributed by atoms with van der Waals surface area (Å²) in [5.41, 5.74) is 2.74. The number of hydrogen-bond donors (Lipinski definition) is 0. The van der Waals surface area contributed by atoms with Crippen molar-refractivity contribution in [3.8, 4) is 0 Å². The van der Waals surface area contributed by atoms with Crippen LogP contribution in [-0.4, -0.2) is 22.6 Å². The number of allylic oxidation sites excluding steroid dienone is 8. The van der Waals surface area contributed by atoms with Crippen molar-refractivity contribution < 1.29 is 73.3 Å². The Morgan fingerprint density at radius 1 is 0.482 bits per heavy atom. The molecular weight excluding hydrogens is 910 g/mol. The van der Waals surface area contributed by atoms with Crippen LogP contribution in [0.1, 0.15) is 37.8 Å². The molecule has 0 aromatic heterocycles. The second-order valence-corrected chi connectivity index (χ2v) is 29.1. The largest absolute Gasteiger partial charge is 1.00 e. The molecule has 2 aliphatic carbocycles. The van der Waals surface area contributed by atoms with Crippen molar-refractivity contribution in [2.45, 2.75) is 66.0 Å². The molecule has 0 radical (unpaired) electrons. The molecule has 8 rings (SSSR count). The smallest absolute Gasteiger partial charge is 0.0114 e. The van der Waals surface area contributed by atoms with Gasteiger partial charge >= 0.3 is 141 Å². The first-order valence-corrected chi connectivity index (χ1v) is 28.2. The Kier molecular flexibility index (Phi) is 25.2. The Balaban J connectivity index is 0.000000334. The van der Waals surface area contributed by atoms with Crippen molar-refractivity contribution >= 4 is 44.1 Å². The topological polar surface area (TPSA) is 0 Å². The zero-order chi connectivity index (χ0) is 39.4. The third kappa shape index (κ3) is 19.8. The van der Waals surface area contributed by atoms with Gasteiger partial charge in [-0.1, -0.05) is 51.4 Å². The Morgan fingerprint density at radius 2 is 0.804 bits per heavy atom. The van der Waals surface area contributed by atoms with Gasteiger partial charge in [0, 0.05) is 0 Å². The number of hydrogen-bond acceptors (Lipinski definition) is 0. The fraction of sp³-hybridized carbons (Fsp3) is 0.200. The van der Waals surface area contributed by atoms with Gasteiger partial charge < -0.3 is 24.8 Å². The molecule has 56 heavy (non-hydrogen) atoms. The Labute approximate surface area is 383 Å². The van der Waals surface area contributed by atoms with Crippen LogP contribution in [0.4, 0.5) is 0 Å². The molecule has 0 saturated carbocycles. The second-order valence-electron chi connectivity index (χ2n) is 15.2. The fourth-order valence-corrected chi connectivity index (χ4v) is 8.67. The van der Waals surface area contributed by atoms with Gasteiger partial charge in [-0.05, 0) is 16.1 Å². The summed E-state index contributed by atoms with van der Waals surface area (Å²) in [5.74, 6) is 0. The molecule has 0 atom stereocenters. The molecule has 0 aliphatic heterocycles. The molecule has 0 amide bonds. The first-order valence-electron chi connectivity index (χ1n) is 18.7. The van der Waals surface area contributed by atoms with Crippen LogP contribution in [0, 0.1) is 12.2 Å². The first-order chi connectivity index (χ1) is 25.8. The summed E-state index contributed by atoms with van der Waals surface area (Å²) in [5, 5.41) is 8.44. The molecule has 0 unspecified atom stereocenters. The van der Waals surface area contributed by atoms with Crippen LogP contribution in [0.25, 0.3) is 21.5 Å². The van der Waals surface area contributed by atoms with E-state index in [4.69, 9.17) is 0 Å².